The number of fused-ring (bicyclic) bond motifs is 1. The lowest BCUT2D eigenvalue weighted by molar-refractivity contribution is -0.111. The molecule has 40 heavy (non-hydrogen) atoms. The Hall–Kier alpha value is -3.69. The molecule has 0 aliphatic carbocycles. The molecule has 4 heterocycles. The number of rotatable bonds is 7. The number of piperidine rings is 2. The summed E-state index contributed by atoms with van der Waals surface area (Å²) >= 11 is 0. The molecule has 2 aromatic heterocycles. The van der Waals surface area contributed by atoms with Crippen molar-refractivity contribution in [2.45, 2.75) is 37.6 Å². The summed E-state index contributed by atoms with van der Waals surface area (Å²) in [5.74, 6) is 1.01. The largest absolute Gasteiger partial charge is 0.348 e. The van der Waals surface area contributed by atoms with Crippen LogP contribution in [-0.4, -0.2) is 84.2 Å². The lowest BCUT2D eigenvalue weighted by atomic mass is 9.89. The molecule has 1 atom stereocenters. The van der Waals surface area contributed by atoms with Crippen molar-refractivity contribution in [3.63, 3.8) is 0 Å². The first-order chi connectivity index (χ1) is 19.4. The molecule has 0 radical (unpaired) electrons. The number of amides is 3. The lowest BCUT2D eigenvalue weighted by Crippen LogP contribution is -2.55. The minimum Gasteiger partial charge on any atom is -0.348 e. The zero-order valence-electron chi connectivity index (χ0n) is 23.8. The summed E-state index contributed by atoms with van der Waals surface area (Å²) in [5.41, 5.74) is 3.03. The second-order valence-corrected chi connectivity index (χ2v) is 11.2. The first-order valence-corrected chi connectivity index (χ1v) is 14.3. The molecule has 2 saturated heterocycles. The Morgan fingerprint density at radius 1 is 1.10 bits per heavy atom. The molecule has 0 spiro atoms. The maximum absolute atomic E-state index is 14.1. The van der Waals surface area contributed by atoms with Crippen molar-refractivity contribution in [1.29, 1.82) is 0 Å². The van der Waals surface area contributed by atoms with Crippen molar-refractivity contribution in [1.82, 2.24) is 24.7 Å². The van der Waals surface area contributed by atoms with Gasteiger partial charge in [-0.25, -0.2) is 9.78 Å². The summed E-state index contributed by atoms with van der Waals surface area (Å²) in [6, 6.07) is 12.3. The molecular weight excluding hydrogens is 502 g/mol. The van der Waals surface area contributed by atoms with Crippen molar-refractivity contribution in [2.75, 3.05) is 57.0 Å². The summed E-state index contributed by atoms with van der Waals surface area (Å²) in [5, 5.41) is 7.50. The van der Waals surface area contributed by atoms with Gasteiger partial charge in [0.2, 0.25) is 5.91 Å². The lowest BCUT2D eigenvalue weighted by Gasteiger charge is -2.40. The van der Waals surface area contributed by atoms with Crippen LogP contribution < -0.4 is 15.5 Å². The smallest absolute Gasteiger partial charge is 0.326 e. The van der Waals surface area contributed by atoms with Gasteiger partial charge in [-0.15, -0.1) is 0 Å². The van der Waals surface area contributed by atoms with E-state index in [4.69, 9.17) is 4.98 Å². The average molecular weight is 544 g/mol. The van der Waals surface area contributed by atoms with Gasteiger partial charge in [-0.1, -0.05) is 18.2 Å². The van der Waals surface area contributed by atoms with Crippen molar-refractivity contribution in [3.05, 3.63) is 66.5 Å². The number of nitrogens with one attached hydrogen (secondary N) is 2. The molecule has 3 aromatic rings. The van der Waals surface area contributed by atoms with Gasteiger partial charge in [0.05, 0.1) is 11.6 Å². The molecule has 212 valence electrons. The van der Waals surface area contributed by atoms with Gasteiger partial charge in [-0.05, 0) is 82.1 Å². The number of likely N-dealkylation sites (tertiary alicyclic amines) is 1. The maximum Gasteiger partial charge on any atom is 0.326 e. The molecule has 9 nitrogen and oxygen atoms in total. The number of carbonyl (C=O) groups excluding carboxylic acids is 2. The SMILES string of the molecule is CN(C)C/C=C/C(=O)Nc1ccc(C2CCN(C(=O)N(c3nccc4ccn(C)c34)[C@@H]3CCCNC3)CC2)cc1. The highest BCUT2D eigenvalue weighted by Gasteiger charge is 2.34. The number of benzene rings is 1. The Labute approximate surface area is 236 Å². The van der Waals surface area contributed by atoms with Crippen LogP contribution in [-0.2, 0) is 11.8 Å². The maximum atomic E-state index is 14.1. The number of aryl methyl sites for hydroxylation is 1. The molecule has 9 heteroatoms. The third-order valence-electron chi connectivity index (χ3n) is 7.99. The van der Waals surface area contributed by atoms with Crippen LogP contribution in [0.5, 0.6) is 0 Å². The second kappa shape index (κ2) is 12.7. The van der Waals surface area contributed by atoms with E-state index in [0.29, 0.717) is 19.0 Å². The second-order valence-electron chi connectivity index (χ2n) is 11.2. The monoisotopic (exact) mass is 543 g/mol. The third-order valence-corrected chi connectivity index (χ3v) is 7.99. The highest BCUT2D eigenvalue weighted by atomic mass is 16.2. The van der Waals surface area contributed by atoms with Gasteiger partial charge >= 0.3 is 6.03 Å². The molecule has 2 N–H and O–H groups in total. The highest BCUT2D eigenvalue weighted by molar-refractivity contribution is 6.01. The van der Waals surface area contributed by atoms with Crippen LogP contribution in [0.15, 0.2) is 60.9 Å². The average Bonchev–Trinajstić information content (AvgIpc) is 3.35. The highest BCUT2D eigenvalue weighted by Crippen LogP contribution is 2.32. The van der Waals surface area contributed by atoms with Crippen LogP contribution in [0.2, 0.25) is 0 Å². The van der Waals surface area contributed by atoms with E-state index < -0.39 is 0 Å². The minimum atomic E-state index is -0.125. The van der Waals surface area contributed by atoms with E-state index in [1.54, 1.807) is 6.08 Å². The molecule has 0 unspecified atom stereocenters. The van der Waals surface area contributed by atoms with Gasteiger partial charge in [-0.3, -0.25) is 9.69 Å². The number of carbonyl (C=O) groups is 2. The Kier molecular flexibility index (Phi) is 8.81. The van der Waals surface area contributed by atoms with Gasteiger partial charge in [0.25, 0.3) is 0 Å². The number of aromatic nitrogens is 2. The zero-order chi connectivity index (χ0) is 28.1. The van der Waals surface area contributed by atoms with Crippen LogP contribution in [0, 0.1) is 0 Å². The molecule has 3 amide bonds. The fourth-order valence-corrected chi connectivity index (χ4v) is 5.82. The summed E-state index contributed by atoms with van der Waals surface area (Å²) in [6.07, 6.45) is 11.1. The number of nitrogens with zero attached hydrogens (tertiary/aromatic N) is 5. The van der Waals surface area contributed by atoms with Gasteiger partial charge < -0.3 is 25.0 Å². The van der Waals surface area contributed by atoms with Crippen LogP contribution in [0.3, 0.4) is 0 Å². The van der Waals surface area contributed by atoms with Crippen molar-refractivity contribution >= 4 is 34.3 Å². The van der Waals surface area contributed by atoms with Crippen molar-refractivity contribution in [3.8, 4) is 0 Å². The Morgan fingerprint density at radius 2 is 1.88 bits per heavy atom. The van der Waals surface area contributed by atoms with E-state index >= 15 is 0 Å². The standard InChI is InChI=1S/C31H41N7O2/c1-35(2)18-5-7-28(39)34-26-10-8-23(9-11-26)24-14-20-37(21-15-24)31(40)38(27-6-4-16-32-22-27)30-29-25(12-17-33-30)13-19-36(29)3/h5,7-13,17,19,24,27,32H,4,6,14-16,18,20-22H2,1-3H3,(H,34,39)/b7-5+/t27-/m1/s1. The molecule has 2 fully saturated rings. The first kappa shape index (κ1) is 27.9. The third kappa shape index (κ3) is 6.37. The predicted octanol–water partition coefficient (Wildman–Crippen LogP) is 4.19. The number of pyridine rings is 1. The van der Waals surface area contributed by atoms with Crippen LogP contribution >= 0.6 is 0 Å². The van der Waals surface area contributed by atoms with Crippen molar-refractivity contribution < 1.29 is 9.59 Å². The Bertz CT molecular complexity index is 1330. The molecule has 2 aliphatic heterocycles. The minimum absolute atomic E-state index is 0.0498. The van der Waals surface area contributed by atoms with Gasteiger partial charge in [0, 0.05) is 62.8 Å². The number of hydrogen-bond acceptors (Lipinski definition) is 5. The van der Waals surface area contributed by atoms with Crippen LogP contribution in [0.4, 0.5) is 16.3 Å². The molecule has 5 rings (SSSR count). The topological polar surface area (TPSA) is 85.7 Å². The van der Waals surface area contributed by atoms with Crippen LogP contribution in [0.1, 0.15) is 37.2 Å². The summed E-state index contributed by atoms with van der Waals surface area (Å²) in [6.45, 7) is 3.90. The summed E-state index contributed by atoms with van der Waals surface area (Å²) in [7, 11) is 5.95. The predicted molar refractivity (Wildman–Crippen MR) is 161 cm³/mol. The molecule has 1 aromatic carbocycles. The van der Waals surface area contributed by atoms with Gasteiger partial charge in [0.15, 0.2) is 5.82 Å². The molecule has 0 bridgehead atoms. The Balaban J connectivity index is 1.24. The van der Waals surface area contributed by atoms with E-state index in [2.05, 4.69) is 33.4 Å². The number of urea groups is 1. The quantitative estimate of drug-likeness (QED) is 0.437. The summed E-state index contributed by atoms with van der Waals surface area (Å²) in [4.78, 5) is 37.0. The van der Waals surface area contributed by atoms with Crippen molar-refractivity contribution in [2.24, 2.45) is 7.05 Å². The van der Waals surface area contributed by atoms with Gasteiger partial charge in [0.1, 0.15) is 0 Å². The van der Waals surface area contributed by atoms with E-state index in [9.17, 15) is 9.59 Å². The van der Waals surface area contributed by atoms with Gasteiger partial charge in [-0.2, -0.15) is 0 Å². The van der Waals surface area contributed by atoms with E-state index in [0.717, 1.165) is 67.7 Å². The van der Waals surface area contributed by atoms with E-state index in [-0.39, 0.29) is 18.0 Å². The molecule has 0 saturated carbocycles. The Morgan fingerprint density at radius 3 is 2.58 bits per heavy atom. The molecular formula is C31H41N7O2. The first-order valence-electron chi connectivity index (χ1n) is 14.3. The van der Waals surface area contributed by atoms with E-state index in [1.165, 1.54) is 5.56 Å². The van der Waals surface area contributed by atoms with Crippen LogP contribution in [0.25, 0.3) is 10.9 Å². The number of hydrogen-bond donors (Lipinski definition) is 2. The molecule has 2 aliphatic rings. The zero-order valence-corrected chi connectivity index (χ0v) is 23.8. The summed E-state index contributed by atoms with van der Waals surface area (Å²) < 4.78 is 2.06. The fraction of sp³-hybridized carbons (Fsp3) is 0.452. The number of anilines is 2. The van der Waals surface area contributed by atoms with E-state index in [1.807, 2.05) is 72.5 Å². The normalized spacial score (nSPS) is 18.5. The number of likely N-dealkylation sites (N-methyl/N-ethyl adjacent to an activating group) is 1. The fourth-order valence-electron chi connectivity index (χ4n) is 5.82.